The lowest BCUT2D eigenvalue weighted by molar-refractivity contribution is 0.732. The van der Waals surface area contributed by atoms with E-state index in [-0.39, 0.29) is 0 Å². The van der Waals surface area contributed by atoms with E-state index in [2.05, 4.69) is 26.8 Å². The highest BCUT2D eigenvalue weighted by molar-refractivity contribution is 7.99. The first kappa shape index (κ1) is 18.4. The van der Waals surface area contributed by atoms with Crippen LogP contribution >= 0.6 is 23.4 Å². The van der Waals surface area contributed by atoms with Crippen LogP contribution in [0.25, 0.3) is 22.1 Å². The number of fused-ring (bicyclic) bond motifs is 3. The molecule has 4 aromatic heterocycles. The van der Waals surface area contributed by atoms with Crippen molar-refractivity contribution in [2.24, 2.45) is 17.6 Å². The fourth-order valence-corrected chi connectivity index (χ4v) is 5.54. The van der Waals surface area contributed by atoms with Crippen LogP contribution < -0.4 is 10.6 Å². The highest BCUT2D eigenvalue weighted by Crippen LogP contribution is 2.47. The van der Waals surface area contributed by atoms with E-state index in [1.807, 2.05) is 24.4 Å². The maximum Gasteiger partial charge on any atom is 0.196 e. The average molecular weight is 438 g/mol. The molecule has 152 valence electrons. The summed E-state index contributed by atoms with van der Waals surface area (Å²) in [6, 6.07) is 6.19. The number of nitrogens with one attached hydrogen (secondary N) is 1. The second-order valence-electron chi connectivity index (χ2n) is 7.95. The summed E-state index contributed by atoms with van der Waals surface area (Å²) >= 11 is 8.19. The number of H-pyrrole nitrogens is 1. The van der Waals surface area contributed by atoms with E-state index in [4.69, 9.17) is 27.3 Å². The molecule has 1 saturated carbocycles. The standard InChI is InChI=1S/C21H20ClN7S/c1-2-13-17(22)16-19(26-13)27-21(28-20(16)29-8-11-12(9-29)18(11)23)30-10-6-15-14(25-7-10)4-3-5-24-15/h3-7,11-12,18H,2,8-9,23H2,1H3,(H,26,27,28)/t11-,12+,18+. The Hall–Kier alpha value is -2.42. The van der Waals surface area contributed by atoms with Crippen molar-refractivity contribution in [2.45, 2.75) is 29.4 Å². The predicted octanol–water partition coefficient (Wildman–Crippen LogP) is 3.66. The SMILES string of the molecule is CCc1[nH]c2nc(Sc3cnc4cccnc4c3)nc(N3C[C@@H]4[C@@H](N)[C@@H]4C3)c2c1Cl. The second-order valence-corrected chi connectivity index (χ2v) is 9.37. The number of anilines is 1. The Balaban J connectivity index is 1.42. The Morgan fingerprint density at radius 1 is 1.23 bits per heavy atom. The molecule has 2 fully saturated rings. The van der Waals surface area contributed by atoms with Crippen LogP contribution in [0.15, 0.2) is 40.6 Å². The van der Waals surface area contributed by atoms with Crippen molar-refractivity contribution in [3.63, 3.8) is 0 Å². The van der Waals surface area contributed by atoms with Crippen LogP contribution in [0.1, 0.15) is 12.6 Å². The van der Waals surface area contributed by atoms with Crippen molar-refractivity contribution in [3.05, 3.63) is 41.3 Å². The fraction of sp³-hybridized carbons (Fsp3) is 0.333. The quantitative estimate of drug-likeness (QED) is 0.470. The molecule has 3 atom stereocenters. The largest absolute Gasteiger partial charge is 0.355 e. The minimum atomic E-state index is 0.330. The van der Waals surface area contributed by atoms with E-state index >= 15 is 0 Å². The van der Waals surface area contributed by atoms with Gasteiger partial charge in [-0.2, -0.15) is 0 Å². The molecule has 0 amide bonds. The number of nitrogens with two attached hydrogens (primary N) is 1. The van der Waals surface area contributed by atoms with Crippen LogP contribution in [0.4, 0.5) is 5.82 Å². The average Bonchev–Trinajstić information content (AvgIpc) is 3.10. The molecule has 3 N–H and O–H groups in total. The first-order valence-electron chi connectivity index (χ1n) is 10.1. The van der Waals surface area contributed by atoms with E-state index in [9.17, 15) is 0 Å². The number of rotatable bonds is 4. The molecule has 0 spiro atoms. The van der Waals surface area contributed by atoms with Crippen LogP contribution in [-0.4, -0.2) is 44.1 Å². The Bertz CT molecular complexity index is 1280. The summed E-state index contributed by atoms with van der Waals surface area (Å²) in [5.74, 6) is 2.02. The van der Waals surface area contributed by atoms with Crippen molar-refractivity contribution >= 4 is 51.2 Å². The molecule has 0 aromatic carbocycles. The molecule has 1 aliphatic heterocycles. The Morgan fingerprint density at radius 2 is 2.07 bits per heavy atom. The molecule has 0 unspecified atom stereocenters. The number of piperidine rings is 1. The number of aromatic nitrogens is 5. The number of hydrogen-bond donors (Lipinski definition) is 2. The molecule has 2 aliphatic rings. The van der Waals surface area contributed by atoms with Gasteiger partial charge in [0.25, 0.3) is 0 Å². The zero-order valence-corrected chi connectivity index (χ0v) is 17.9. The molecule has 1 aliphatic carbocycles. The summed E-state index contributed by atoms with van der Waals surface area (Å²) in [6.07, 6.45) is 4.42. The van der Waals surface area contributed by atoms with Gasteiger partial charge in [0.2, 0.25) is 0 Å². The van der Waals surface area contributed by atoms with Gasteiger partial charge in [0.05, 0.1) is 21.4 Å². The lowest BCUT2D eigenvalue weighted by Gasteiger charge is -2.21. The molecular formula is C21H20ClN7S. The van der Waals surface area contributed by atoms with Gasteiger partial charge >= 0.3 is 0 Å². The smallest absolute Gasteiger partial charge is 0.196 e. The molecule has 9 heteroatoms. The van der Waals surface area contributed by atoms with Crippen molar-refractivity contribution in [3.8, 4) is 0 Å². The summed E-state index contributed by atoms with van der Waals surface area (Å²) in [4.78, 5) is 25.3. The summed E-state index contributed by atoms with van der Waals surface area (Å²) < 4.78 is 0. The van der Waals surface area contributed by atoms with Crippen molar-refractivity contribution < 1.29 is 0 Å². The molecular weight excluding hydrogens is 418 g/mol. The van der Waals surface area contributed by atoms with Crippen LogP contribution in [-0.2, 0) is 6.42 Å². The lowest BCUT2D eigenvalue weighted by atomic mass is 10.2. The fourth-order valence-electron chi connectivity index (χ4n) is 4.43. The molecule has 6 rings (SSSR count). The third-order valence-corrected chi connectivity index (χ3v) is 7.41. The summed E-state index contributed by atoms with van der Waals surface area (Å²) in [5, 5.41) is 2.30. The zero-order chi connectivity index (χ0) is 20.4. The minimum Gasteiger partial charge on any atom is -0.355 e. The van der Waals surface area contributed by atoms with Gasteiger partial charge < -0.3 is 15.6 Å². The molecule has 5 heterocycles. The van der Waals surface area contributed by atoms with Crippen molar-refractivity contribution in [1.29, 1.82) is 0 Å². The molecule has 0 radical (unpaired) electrons. The van der Waals surface area contributed by atoms with Gasteiger partial charge in [0.1, 0.15) is 11.5 Å². The van der Waals surface area contributed by atoms with Gasteiger partial charge in [-0.1, -0.05) is 18.5 Å². The van der Waals surface area contributed by atoms with E-state index in [0.717, 1.165) is 63.0 Å². The molecule has 30 heavy (non-hydrogen) atoms. The highest BCUT2D eigenvalue weighted by Gasteiger charge is 2.54. The van der Waals surface area contributed by atoms with E-state index in [0.29, 0.717) is 23.0 Å². The van der Waals surface area contributed by atoms with Crippen LogP contribution in [0.2, 0.25) is 5.02 Å². The Labute approximate surface area is 182 Å². The lowest BCUT2D eigenvalue weighted by Crippen LogP contribution is -2.29. The van der Waals surface area contributed by atoms with Crippen LogP contribution in [0.5, 0.6) is 0 Å². The highest BCUT2D eigenvalue weighted by atomic mass is 35.5. The number of nitrogens with zero attached hydrogens (tertiary/aromatic N) is 5. The van der Waals surface area contributed by atoms with Gasteiger partial charge in [-0.15, -0.1) is 0 Å². The van der Waals surface area contributed by atoms with Gasteiger partial charge in [0.15, 0.2) is 5.16 Å². The minimum absolute atomic E-state index is 0.330. The van der Waals surface area contributed by atoms with Gasteiger partial charge in [-0.25, -0.2) is 9.97 Å². The second kappa shape index (κ2) is 6.80. The third-order valence-electron chi connectivity index (χ3n) is 6.17. The van der Waals surface area contributed by atoms with Crippen LogP contribution in [0.3, 0.4) is 0 Å². The number of hydrogen-bond acceptors (Lipinski definition) is 7. The number of aryl methyl sites for hydroxylation is 1. The number of pyridine rings is 2. The van der Waals surface area contributed by atoms with Crippen molar-refractivity contribution in [2.75, 3.05) is 18.0 Å². The van der Waals surface area contributed by atoms with Crippen LogP contribution in [0, 0.1) is 11.8 Å². The van der Waals surface area contributed by atoms with Crippen molar-refractivity contribution in [1.82, 2.24) is 24.9 Å². The molecule has 1 saturated heterocycles. The monoisotopic (exact) mass is 437 g/mol. The van der Waals surface area contributed by atoms with Gasteiger partial charge in [-0.3, -0.25) is 9.97 Å². The molecule has 7 nitrogen and oxygen atoms in total. The van der Waals surface area contributed by atoms with E-state index < -0.39 is 0 Å². The first-order valence-corrected chi connectivity index (χ1v) is 11.3. The number of halogens is 1. The Morgan fingerprint density at radius 3 is 2.87 bits per heavy atom. The maximum atomic E-state index is 6.71. The van der Waals surface area contributed by atoms with Gasteiger partial charge in [0, 0.05) is 42.1 Å². The molecule has 4 aromatic rings. The predicted molar refractivity (Wildman–Crippen MR) is 119 cm³/mol. The first-order chi connectivity index (χ1) is 14.6. The molecule has 0 bridgehead atoms. The topological polar surface area (TPSA) is 96.6 Å². The van der Waals surface area contributed by atoms with E-state index in [1.165, 1.54) is 11.8 Å². The summed E-state index contributed by atoms with van der Waals surface area (Å²) in [7, 11) is 0. The van der Waals surface area contributed by atoms with Gasteiger partial charge in [-0.05, 0) is 48.2 Å². The normalized spacial score (nSPS) is 22.8. The van der Waals surface area contributed by atoms with E-state index in [1.54, 1.807) is 6.20 Å². The zero-order valence-electron chi connectivity index (χ0n) is 16.3. The summed E-state index contributed by atoms with van der Waals surface area (Å²) in [5.41, 5.74) is 9.64. The Kier molecular flexibility index (Phi) is 4.16. The number of aromatic amines is 1. The maximum absolute atomic E-state index is 6.71. The third kappa shape index (κ3) is 2.85. The summed E-state index contributed by atoms with van der Waals surface area (Å²) in [6.45, 7) is 3.93.